The van der Waals surface area contributed by atoms with Gasteiger partial charge in [-0.2, -0.15) is 0 Å². The first-order chi connectivity index (χ1) is 10.2. The maximum atomic E-state index is 12.3. The number of aromatic nitrogens is 3. The van der Waals surface area contributed by atoms with Gasteiger partial charge in [0.25, 0.3) is 5.91 Å². The molecule has 0 aliphatic rings. The summed E-state index contributed by atoms with van der Waals surface area (Å²) in [4.78, 5) is 12.3. The minimum Gasteiger partial charge on any atom is -0.384 e. The van der Waals surface area contributed by atoms with Crippen molar-refractivity contribution in [2.45, 2.75) is 19.9 Å². The van der Waals surface area contributed by atoms with Crippen molar-refractivity contribution in [3.05, 3.63) is 41.2 Å². The molecule has 1 aromatic carbocycles. The minimum atomic E-state index is -0.156. The molecule has 0 fully saturated rings. The molecular formula is C14H18ClN5O. The second-order valence-electron chi connectivity index (χ2n) is 4.54. The number of carbonyl (C=O) groups excluding carboxylic acids is 1. The van der Waals surface area contributed by atoms with Crippen LogP contribution in [-0.2, 0) is 6.54 Å². The number of halogens is 1. The van der Waals surface area contributed by atoms with Gasteiger partial charge < -0.3 is 10.6 Å². The zero-order valence-corrected chi connectivity index (χ0v) is 12.6. The second-order valence-corrected chi connectivity index (χ2v) is 4.98. The van der Waals surface area contributed by atoms with Gasteiger partial charge in [-0.3, -0.25) is 9.48 Å². The average molecular weight is 308 g/mol. The van der Waals surface area contributed by atoms with Gasteiger partial charge in [0, 0.05) is 30.0 Å². The Morgan fingerprint density at radius 2 is 2.24 bits per heavy atom. The average Bonchev–Trinajstić information content (AvgIpc) is 2.99. The monoisotopic (exact) mass is 307 g/mol. The summed E-state index contributed by atoms with van der Waals surface area (Å²) in [6.07, 6.45) is 4.33. The Hall–Kier alpha value is -2.08. The van der Waals surface area contributed by atoms with Crippen molar-refractivity contribution in [1.82, 2.24) is 20.3 Å². The summed E-state index contributed by atoms with van der Waals surface area (Å²) in [5.41, 5.74) is 1.34. The topological polar surface area (TPSA) is 71.8 Å². The minimum absolute atomic E-state index is 0.156. The van der Waals surface area contributed by atoms with E-state index in [1.165, 1.54) is 0 Å². The van der Waals surface area contributed by atoms with Gasteiger partial charge in [-0.25, -0.2) is 0 Å². The number of carbonyl (C=O) groups is 1. The van der Waals surface area contributed by atoms with Gasteiger partial charge in [-0.1, -0.05) is 23.7 Å². The third kappa shape index (κ3) is 4.46. The van der Waals surface area contributed by atoms with Gasteiger partial charge >= 0.3 is 0 Å². The fraction of sp³-hybridized carbons (Fsp3) is 0.357. The van der Waals surface area contributed by atoms with Crippen LogP contribution in [0, 0.1) is 0 Å². The highest BCUT2D eigenvalue weighted by molar-refractivity contribution is 6.31. The molecule has 0 radical (unpaired) electrons. The largest absolute Gasteiger partial charge is 0.384 e. The summed E-state index contributed by atoms with van der Waals surface area (Å²) >= 11 is 5.98. The van der Waals surface area contributed by atoms with Gasteiger partial charge in [0.2, 0.25) is 0 Å². The second kappa shape index (κ2) is 7.64. The lowest BCUT2D eigenvalue weighted by molar-refractivity contribution is 0.0952. The van der Waals surface area contributed by atoms with Crippen molar-refractivity contribution in [2.24, 2.45) is 0 Å². The van der Waals surface area contributed by atoms with Crippen LogP contribution in [0.1, 0.15) is 23.7 Å². The van der Waals surface area contributed by atoms with E-state index < -0.39 is 0 Å². The number of amides is 1. The lowest BCUT2D eigenvalue weighted by Crippen LogP contribution is -2.28. The van der Waals surface area contributed by atoms with Crippen LogP contribution in [0.25, 0.3) is 0 Å². The first-order valence-electron chi connectivity index (χ1n) is 6.86. The Kier molecular flexibility index (Phi) is 5.57. The molecule has 0 bridgehead atoms. The van der Waals surface area contributed by atoms with E-state index in [9.17, 15) is 4.79 Å². The molecule has 6 nitrogen and oxygen atoms in total. The van der Waals surface area contributed by atoms with E-state index in [1.807, 2.05) is 6.07 Å². The summed E-state index contributed by atoms with van der Waals surface area (Å²) in [6, 6.07) is 5.26. The van der Waals surface area contributed by atoms with E-state index in [1.54, 1.807) is 29.2 Å². The Balaban J connectivity index is 1.98. The molecule has 0 saturated heterocycles. The standard InChI is InChI=1S/C14H18ClN5O/c1-2-5-16-13-4-3-11(15)10-12(13)14(21)17-6-8-20-9-7-18-19-20/h3-4,7,9-10,16H,2,5-6,8H2,1H3,(H,17,21). The zero-order valence-electron chi connectivity index (χ0n) is 11.8. The third-order valence-electron chi connectivity index (χ3n) is 2.89. The fourth-order valence-corrected chi connectivity index (χ4v) is 2.02. The summed E-state index contributed by atoms with van der Waals surface area (Å²) < 4.78 is 1.66. The van der Waals surface area contributed by atoms with Crippen LogP contribution in [0.2, 0.25) is 5.02 Å². The highest BCUT2D eigenvalue weighted by Gasteiger charge is 2.11. The first-order valence-corrected chi connectivity index (χ1v) is 7.24. The molecule has 112 valence electrons. The predicted octanol–water partition coefficient (Wildman–Crippen LogP) is 2.18. The molecule has 0 aliphatic carbocycles. The zero-order chi connectivity index (χ0) is 15.1. The van der Waals surface area contributed by atoms with Gasteiger partial charge in [-0.15, -0.1) is 5.10 Å². The van der Waals surface area contributed by atoms with E-state index in [0.717, 1.165) is 18.7 Å². The van der Waals surface area contributed by atoms with E-state index in [2.05, 4.69) is 27.9 Å². The van der Waals surface area contributed by atoms with Gasteiger partial charge in [0.15, 0.2) is 0 Å². The molecule has 7 heteroatoms. The molecule has 2 rings (SSSR count). The highest BCUT2D eigenvalue weighted by Crippen LogP contribution is 2.20. The quantitative estimate of drug-likeness (QED) is 0.822. The predicted molar refractivity (Wildman–Crippen MR) is 82.6 cm³/mol. The lowest BCUT2D eigenvalue weighted by atomic mass is 10.1. The number of nitrogens with one attached hydrogen (secondary N) is 2. The van der Waals surface area contributed by atoms with Crippen molar-refractivity contribution in [1.29, 1.82) is 0 Å². The Morgan fingerprint density at radius 3 is 2.95 bits per heavy atom. The maximum Gasteiger partial charge on any atom is 0.253 e. The number of benzene rings is 1. The molecule has 0 aliphatic heterocycles. The van der Waals surface area contributed by atoms with Crippen molar-refractivity contribution >= 4 is 23.2 Å². The van der Waals surface area contributed by atoms with Crippen LogP contribution in [0.5, 0.6) is 0 Å². The number of rotatable bonds is 7. The first kappa shape index (κ1) is 15.3. The fourth-order valence-electron chi connectivity index (χ4n) is 1.85. The molecule has 1 amide bonds. The summed E-state index contributed by atoms with van der Waals surface area (Å²) in [5, 5.41) is 14.2. The smallest absolute Gasteiger partial charge is 0.253 e. The van der Waals surface area contributed by atoms with Crippen molar-refractivity contribution in [2.75, 3.05) is 18.4 Å². The molecule has 2 N–H and O–H groups in total. The van der Waals surface area contributed by atoms with Gasteiger partial charge in [-0.05, 0) is 24.6 Å². The van der Waals surface area contributed by atoms with Crippen LogP contribution in [0.15, 0.2) is 30.6 Å². The normalized spacial score (nSPS) is 10.4. The Bertz CT molecular complexity index is 585. The summed E-state index contributed by atoms with van der Waals surface area (Å²) in [7, 11) is 0. The maximum absolute atomic E-state index is 12.3. The highest BCUT2D eigenvalue weighted by atomic mass is 35.5. The number of nitrogens with zero attached hydrogens (tertiary/aromatic N) is 3. The SMILES string of the molecule is CCCNc1ccc(Cl)cc1C(=O)NCCn1ccnn1. The van der Waals surface area contributed by atoms with Crippen LogP contribution in [0.3, 0.4) is 0 Å². The van der Waals surface area contributed by atoms with Crippen molar-refractivity contribution in [3.8, 4) is 0 Å². The van der Waals surface area contributed by atoms with Crippen LogP contribution in [0.4, 0.5) is 5.69 Å². The Morgan fingerprint density at radius 1 is 1.38 bits per heavy atom. The van der Waals surface area contributed by atoms with Crippen LogP contribution in [-0.4, -0.2) is 34.0 Å². The Labute approximate surface area is 128 Å². The van der Waals surface area contributed by atoms with Crippen molar-refractivity contribution < 1.29 is 4.79 Å². The molecule has 0 spiro atoms. The van der Waals surface area contributed by atoms with E-state index in [4.69, 9.17) is 11.6 Å². The van der Waals surface area contributed by atoms with E-state index >= 15 is 0 Å². The molecule has 1 heterocycles. The lowest BCUT2D eigenvalue weighted by Gasteiger charge is -2.12. The van der Waals surface area contributed by atoms with Gasteiger partial charge in [0.05, 0.1) is 18.3 Å². The number of anilines is 1. The molecule has 2 aromatic rings. The van der Waals surface area contributed by atoms with Gasteiger partial charge in [0.1, 0.15) is 0 Å². The van der Waals surface area contributed by atoms with E-state index in [-0.39, 0.29) is 5.91 Å². The molecule has 0 unspecified atom stereocenters. The summed E-state index contributed by atoms with van der Waals surface area (Å²) in [6.45, 7) is 3.92. The van der Waals surface area contributed by atoms with Crippen LogP contribution < -0.4 is 10.6 Å². The third-order valence-corrected chi connectivity index (χ3v) is 3.13. The molecule has 0 atom stereocenters. The molecular weight excluding hydrogens is 290 g/mol. The molecule has 1 aromatic heterocycles. The number of hydrogen-bond acceptors (Lipinski definition) is 4. The summed E-state index contributed by atoms with van der Waals surface area (Å²) in [5.74, 6) is -0.156. The molecule has 21 heavy (non-hydrogen) atoms. The van der Waals surface area contributed by atoms with E-state index in [0.29, 0.717) is 23.7 Å². The van der Waals surface area contributed by atoms with Crippen molar-refractivity contribution in [3.63, 3.8) is 0 Å². The number of hydrogen-bond donors (Lipinski definition) is 2. The van der Waals surface area contributed by atoms with Crippen LogP contribution >= 0.6 is 11.6 Å². The molecule has 0 saturated carbocycles.